The first-order valence-electron chi connectivity index (χ1n) is 8.60. The summed E-state index contributed by atoms with van der Waals surface area (Å²) in [5.74, 6) is -3.05. The van der Waals surface area contributed by atoms with Gasteiger partial charge in [-0.2, -0.15) is 18.3 Å². The van der Waals surface area contributed by atoms with E-state index < -0.39 is 12.1 Å². The van der Waals surface area contributed by atoms with Gasteiger partial charge < -0.3 is 15.2 Å². The second-order valence-corrected chi connectivity index (χ2v) is 7.21. The molecule has 0 bridgehead atoms. The highest BCUT2D eigenvalue weighted by Crippen LogP contribution is 2.26. The summed E-state index contributed by atoms with van der Waals surface area (Å²) in [5.41, 5.74) is 1.95. The molecule has 0 aromatic carbocycles. The molecule has 0 amide bonds. The molecule has 2 heterocycles. The molecule has 1 atom stereocenters. The van der Waals surface area contributed by atoms with Crippen LogP contribution in [0.25, 0.3) is 6.08 Å². The number of nitrogens with zero attached hydrogens (tertiary/aromatic N) is 2. The zero-order valence-corrected chi connectivity index (χ0v) is 16.7. The van der Waals surface area contributed by atoms with Crippen molar-refractivity contribution in [1.29, 1.82) is 0 Å². The number of hydrogen-bond acceptors (Lipinski definition) is 7. The molecule has 1 unspecified atom stereocenters. The second kappa shape index (κ2) is 11.6. The van der Waals surface area contributed by atoms with Crippen LogP contribution in [-0.2, 0) is 25.7 Å². The number of alkyl halides is 3. The van der Waals surface area contributed by atoms with Crippen molar-refractivity contribution in [2.24, 2.45) is 0 Å². The summed E-state index contributed by atoms with van der Waals surface area (Å²) in [5, 5.41) is 15.1. The van der Waals surface area contributed by atoms with Gasteiger partial charge in [0.05, 0.1) is 12.3 Å². The topological polar surface area (TPSA) is 111 Å². The number of carboxylic acids is 1. The van der Waals surface area contributed by atoms with E-state index in [0.717, 1.165) is 30.8 Å². The summed E-state index contributed by atoms with van der Waals surface area (Å²) in [7, 11) is 0. The van der Waals surface area contributed by atoms with Crippen LogP contribution in [0.5, 0.6) is 0 Å². The first-order valence-corrected chi connectivity index (χ1v) is 9.48. The van der Waals surface area contributed by atoms with Crippen molar-refractivity contribution in [2.75, 3.05) is 19.7 Å². The van der Waals surface area contributed by atoms with Crippen LogP contribution < -0.4 is 5.32 Å². The van der Waals surface area contributed by atoms with E-state index in [9.17, 15) is 22.8 Å². The van der Waals surface area contributed by atoms with E-state index >= 15 is 0 Å². The van der Waals surface area contributed by atoms with Gasteiger partial charge in [0.2, 0.25) is 0 Å². The van der Waals surface area contributed by atoms with Gasteiger partial charge in [-0.15, -0.1) is 0 Å². The summed E-state index contributed by atoms with van der Waals surface area (Å²) in [6.07, 6.45) is -0.402. The Balaban J connectivity index is 0.000000516. The van der Waals surface area contributed by atoms with Crippen LogP contribution in [0.1, 0.15) is 26.0 Å². The summed E-state index contributed by atoms with van der Waals surface area (Å²) in [4.78, 5) is 31.7. The Labute approximate surface area is 169 Å². The van der Waals surface area contributed by atoms with E-state index in [1.807, 2.05) is 12.1 Å². The minimum Gasteiger partial charge on any atom is -0.475 e. The smallest absolute Gasteiger partial charge is 0.475 e. The molecular formula is C17H22F3N3O5S. The zero-order valence-electron chi connectivity index (χ0n) is 15.9. The maximum Gasteiger partial charge on any atom is 0.490 e. The van der Waals surface area contributed by atoms with Crippen molar-refractivity contribution >= 4 is 34.9 Å². The molecule has 0 radical (unpaired) electrons. The van der Waals surface area contributed by atoms with Crippen LogP contribution in [0.4, 0.5) is 13.2 Å². The maximum atomic E-state index is 11.4. The van der Waals surface area contributed by atoms with E-state index in [2.05, 4.69) is 10.4 Å². The van der Waals surface area contributed by atoms with Crippen molar-refractivity contribution in [3.63, 3.8) is 0 Å². The lowest BCUT2D eigenvalue weighted by molar-refractivity contribution is -0.192. The number of carbonyl (C=O) groups excluding carboxylic acids is 2. The molecule has 0 spiro atoms. The third-order valence-corrected chi connectivity index (χ3v) is 4.62. The van der Waals surface area contributed by atoms with E-state index in [0.29, 0.717) is 6.61 Å². The summed E-state index contributed by atoms with van der Waals surface area (Å²) >= 11 is 1.37. The number of carbonyl (C=O) groups is 3. The molecule has 0 saturated carbocycles. The molecule has 1 aliphatic rings. The average molecular weight is 437 g/mol. The van der Waals surface area contributed by atoms with Crippen LogP contribution in [0.2, 0.25) is 0 Å². The highest BCUT2D eigenvalue weighted by atomic mass is 32.2. The predicted molar refractivity (Wildman–Crippen MR) is 100 cm³/mol. The van der Waals surface area contributed by atoms with Crippen molar-refractivity contribution < 1.29 is 37.4 Å². The number of nitrogens with one attached hydrogen (secondary N) is 1. The van der Waals surface area contributed by atoms with Gasteiger partial charge in [0.1, 0.15) is 6.54 Å². The monoisotopic (exact) mass is 437 g/mol. The lowest BCUT2D eigenvalue weighted by Crippen LogP contribution is -2.32. The second-order valence-electron chi connectivity index (χ2n) is 5.83. The number of halogens is 3. The van der Waals surface area contributed by atoms with Gasteiger partial charge in [0.15, 0.2) is 5.12 Å². The fraction of sp³-hybridized carbons (Fsp3) is 0.529. The Morgan fingerprint density at radius 2 is 2.10 bits per heavy atom. The number of hydrogen-bond donors (Lipinski definition) is 2. The first-order chi connectivity index (χ1) is 13.5. The molecule has 8 nitrogen and oxygen atoms in total. The number of ether oxygens (including phenoxy) is 1. The highest BCUT2D eigenvalue weighted by molar-refractivity contribution is 8.14. The Kier molecular flexibility index (Phi) is 9.89. The minimum absolute atomic E-state index is 0.112. The SMILES string of the molecule is CCOC(=O)Cn1ccc(/C=C2\CNCCC2SC(C)=O)n1.O=C(O)C(F)(F)F. The van der Waals surface area contributed by atoms with Gasteiger partial charge in [-0.1, -0.05) is 11.8 Å². The van der Waals surface area contributed by atoms with Gasteiger partial charge in [0, 0.05) is 24.9 Å². The standard InChI is InChI=1S/C15H21N3O3S.C2HF3O2/c1-3-21-15(20)10-18-7-5-13(17-18)8-12-9-16-6-4-14(12)22-11(2)19;3-2(4,5)1(6)7/h5,7-8,14,16H,3-4,6,9-10H2,1-2H3;(H,6,7)/b12-8+;. The van der Waals surface area contributed by atoms with Gasteiger partial charge in [-0.25, -0.2) is 4.79 Å². The van der Waals surface area contributed by atoms with Gasteiger partial charge >= 0.3 is 18.1 Å². The van der Waals surface area contributed by atoms with Gasteiger partial charge in [0.25, 0.3) is 0 Å². The normalized spacial score (nSPS) is 18.0. The number of piperidine rings is 1. The number of carboxylic acid groups (broad SMARTS) is 1. The molecule has 1 aromatic heterocycles. The summed E-state index contributed by atoms with van der Waals surface area (Å²) < 4.78 is 38.2. The summed E-state index contributed by atoms with van der Waals surface area (Å²) in [6.45, 7) is 5.53. The van der Waals surface area contributed by atoms with E-state index in [1.165, 1.54) is 11.8 Å². The number of aromatic nitrogens is 2. The number of rotatable bonds is 5. The van der Waals surface area contributed by atoms with Crippen LogP contribution in [0.15, 0.2) is 17.8 Å². The first kappa shape index (κ1) is 24.7. The Morgan fingerprint density at radius 1 is 1.45 bits per heavy atom. The molecular weight excluding hydrogens is 415 g/mol. The third kappa shape index (κ3) is 9.61. The predicted octanol–water partition coefficient (Wildman–Crippen LogP) is 2.10. The third-order valence-electron chi connectivity index (χ3n) is 3.47. The molecule has 12 heteroatoms. The fourth-order valence-corrected chi connectivity index (χ4v) is 3.25. The van der Waals surface area contributed by atoms with E-state index in [4.69, 9.17) is 14.6 Å². The molecule has 1 fully saturated rings. The molecule has 1 aliphatic heterocycles. The van der Waals surface area contributed by atoms with Crippen molar-refractivity contribution in [1.82, 2.24) is 15.1 Å². The molecule has 1 saturated heterocycles. The minimum atomic E-state index is -5.08. The van der Waals surface area contributed by atoms with E-state index in [-0.39, 0.29) is 22.9 Å². The van der Waals surface area contributed by atoms with Crippen LogP contribution in [0, 0.1) is 0 Å². The van der Waals surface area contributed by atoms with E-state index in [1.54, 1.807) is 24.7 Å². The Bertz CT molecular complexity index is 749. The quantitative estimate of drug-likeness (QED) is 0.674. The summed E-state index contributed by atoms with van der Waals surface area (Å²) in [6, 6.07) is 1.86. The molecule has 2 N–H and O–H groups in total. The lowest BCUT2D eigenvalue weighted by Gasteiger charge is -2.24. The van der Waals surface area contributed by atoms with Crippen LogP contribution in [-0.4, -0.2) is 63.1 Å². The van der Waals surface area contributed by atoms with Crippen molar-refractivity contribution in [2.45, 2.75) is 38.2 Å². The van der Waals surface area contributed by atoms with Crippen LogP contribution in [0.3, 0.4) is 0 Å². The molecule has 1 aromatic rings. The Hall–Kier alpha value is -2.34. The van der Waals surface area contributed by atoms with Crippen LogP contribution >= 0.6 is 11.8 Å². The van der Waals surface area contributed by atoms with Gasteiger partial charge in [-0.05, 0) is 37.6 Å². The molecule has 29 heavy (non-hydrogen) atoms. The zero-order chi connectivity index (χ0) is 22.0. The highest BCUT2D eigenvalue weighted by Gasteiger charge is 2.38. The largest absolute Gasteiger partial charge is 0.490 e. The number of esters is 1. The number of aliphatic carboxylic acids is 1. The Morgan fingerprint density at radius 3 is 2.66 bits per heavy atom. The maximum absolute atomic E-state index is 11.4. The number of thioether (sulfide) groups is 1. The fourth-order valence-electron chi connectivity index (χ4n) is 2.32. The molecule has 2 rings (SSSR count). The van der Waals surface area contributed by atoms with Crippen molar-refractivity contribution in [3.8, 4) is 0 Å². The molecule has 0 aliphatic carbocycles. The van der Waals surface area contributed by atoms with Crippen molar-refractivity contribution in [3.05, 3.63) is 23.5 Å². The molecule has 162 valence electrons. The van der Waals surface area contributed by atoms with Gasteiger partial charge in [-0.3, -0.25) is 14.3 Å². The average Bonchev–Trinajstić information content (AvgIpc) is 3.03. The lowest BCUT2D eigenvalue weighted by atomic mass is 10.0.